The van der Waals surface area contributed by atoms with Gasteiger partial charge in [0.1, 0.15) is 30.5 Å². The van der Waals surface area contributed by atoms with E-state index in [1.807, 2.05) is 54.6 Å². The van der Waals surface area contributed by atoms with Gasteiger partial charge in [0.2, 0.25) is 0 Å². The Bertz CT molecular complexity index is 922. The van der Waals surface area contributed by atoms with Crippen LogP contribution in [-0.2, 0) is 30.9 Å². The summed E-state index contributed by atoms with van der Waals surface area (Å²) in [5.41, 5.74) is 3.13. The van der Waals surface area contributed by atoms with Crippen LogP contribution in [0, 0.1) is 0 Å². The van der Waals surface area contributed by atoms with Crippen LogP contribution in [0.3, 0.4) is 0 Å². The van der Waals surface area contributed by atoms with E-state index in [-0.39, 0.29) is 0 Å². The molecule has 0 radical (unpaired) electrons. The fourth-order valence-electron chi connectivity index (χ4n) is 3.71. The van der Waals surface area contributed by atoms with Gasteiger partial charge in [-0.15, -0.1) is 0 Å². The Balaban J connectivity index is 1.46. The molecule has 2 aromatic carbocycles. The van der Waals surface area contributed by atoms with E-state index in [1.165, 1.54) is 0 Å². The zero-order valence-electron chi connectivity index (χ0n) is 16.7. The summed E-state index contributed by atoms with van der Waals surface area (Å²) in [4.78, 5) is 2.30. The van der Waals surface area contributed by atoms with E-state index in [4.69, 9.17) is 13.9 Å². The largest absolute Gasteiger partial charge is 0.492 e. The molecule has 1 N–H and O–H groups in total. The molecule has 0 amide bonds. The molecule has 1 atom stereocenters. The average Bonchev–Trinajstić information content (AvgIpc) is 3.06. The predicted molar refractivity (Wildman–Crippen MR) is 111 cm³/mol. The smallest absolute Gasteiger partial charge is 0.129 e. The van der Waals surface area contributed by atoms with E-state index in [0.717, 1.165) is 47.0 Å². The summed E-state index contributed by atoms with van der Waals surface area (Å²) in [5, 5.41) is 10.7. The fraction of sp³-hybridized carbons (Fsp3) is 0.333. The van der Waals surface area contributed by atoms with Crippen LogP contribution in [0.15, 0.2) is 65.1 Å². The number of aliphatic hydroxyl groups excluding tert-OH is 1. The van der Waals surface area contributed by atoms with Gasteiger partial charge in [0.25, 0.3) is 0 Å². The lowest BCUT2D eigenvalue weighted by atomic mass is 9.99. The molecule has 152 valence electrons. The summed E-state index contributed by atoms with van der Waals surface area (Å²) < 4.78 is 16.9. The van der Waals surface area contributed by atoms with Crippen LogP contribution < -0.4 is 4.74 Å². The van der Waals surface area contributed by atoms with Crippen molar-refractivity contribution in [2.45, 2.75) is 32.2 Å². The fourth-order valence-corrected chi connectivity index (χ4v) is 3.71. The first-order valence-electron chi connectivity index (χ1n) is 9.98. The van der Waals surface area contributed by atoms with Crippen LogP contribution >= 0.6 is 0 Å². The summed E-state index contributed by atoms with van der Waals surface area (Å²) >= 11 is 0. The quantitative estimate of drug-likeness (QED) is 0.655. The zero-order valence-corrected chi connectivity index (χ0v) is 16.7. The number of fused-ring (bicyclic) bond motifs is 1. The molecule has 0 aliphatic carbocycles. The van der Waals surface area contributed by atoms with E-state index < -0.39 is 6.10 Å². The molecule has 0 bridgehead atoms. The van der Waals surface area contributed by atoms with Crippen molar-refractivity contribution in [3.8, 4) is 5.75 Å². The Morgan fingerprint density at radius 1 is 1.07 bits per heavy atom. The van der Waals surface area contributed by atoms with Crippen molar-refractivity contribution in [1.82, 2.24) is 4.90 Å². The van der Waals surface area contributed by atoms with E-state index in [1.54, 1.807) is 7.11 Å². The number of benzene rings is 2. The number of aliphatic hydroxyl groups is 1. The number of methoxy groups -OCH3 is 1. The number of hydrogen-bond donors (Lipinski definition) is 1. The standard InChI is InChI=1S/C24H27NO4/c1-27-17-22-9-8-21(29-22)16-25-11-12-28-24-10-7-19(14-20(24)15-25)23(26)13-18-5-3-2-4-6-18/h2-10,14,23,26H,11-13,15-17H2,1H3/t23-/m0/s1. The van der Waals surface area contributed by atoms with Gasteiger partial charge in [-0.1, -0.05) is 36.4 Å². The van der Waals surface area contributed by atoms with Gasteiger partial charge in [-0.2, -0.15) is 0 Å². The third-order valence-corrected chi connectivity index (χ3v) is 5.18. The van der Waals surface area contributed by atoms with Gasteiger partial charge in [-0.05, 0) is 35.4 Å². The summed E-state index contributed by atoms with van der Waals surface area (Å²) in [6.07, 6.45) is 0.0554. The summed E-state index contributed by atoms with van der Waals surface area (Å²) in [6.45, 7) is 3.39. The highest BCUT2D eigenvalue weighted by atomic mass is 16.5. The van der Waals surface area contributed by atoms with Crippen LogP contribution in [0.4, 0.5) is 0 Å². The zero-order chi connectivity index (χ0) is 20.1. The second-order valence-corrected chi connectivity index (χ2v) is 7.43. The number of rotatable bonds is 7. The molecule has 0 spiro atoms. The highest BCUT2D eigenvalue weighted by Crippen LogP contribution is 2.29. The summed E-state index contributed by atoms with van der Waals surface area (Å²) in [5.74, 6) is 2.64. The van der Waals surface area contributed by atoms with Crippen molar-refractivity contribution in [1.29, 1.82) is 0 Å². The van der Waals surface area contributed by atoms with Crippen LogP contribution in [0.2, 0.25) is 0 Å². The van der Waals surface area contributed by atoms with Crippen LogP contribution in [-0.4, -0.2) is 30.3 Å². The van der Waals surface area contributed by atoms with Crippen molar-refractivity contribution in [3.63, 3.8) is 0 Å². The highest BCUT2D eigenvalue weighted by Gasteiger charge is 2.19. The van der Waals surface area contributed by atoms with Crippen LogP contribution in [0.1, 0.15) is 34.3 Å². The lowest BCUT2D eigenvalue weighted by Gasteiger charge is -2.19. The second kappa shape index (κ2) is 9.27. The molecular formula is C24H27NO4. The lowest BCUT2D eigenvalue weighted by molar-refractivity contribution is 0.157. The summed E-state index contributed by atoms with van der Waals surface area (Å²) in [6, 6.07) is 20.0. The molecule has 0 saturated heterocycles. The Labute approximate surface area is 171 Å². The molecule has 5 heteroatoms. The van der Waals surface area contributed by atoms with Gasteiger partial charge in [0.15, 0.2) is 0 Å². The van der Waals surface area contributed by atoms with E-state index >= 15 is 0 Å². The minimum absolute atomic E-state index is 0.481. The molecule has 2 heterocycles. The average molecular weight is 393 g/mol. The first-order valence-corrected chi connectivity index (χ1v) is 9.98. The van der Waals surface area contributed by atoms with E-state index in [0.29, 0.717) is 26.2 Å². The first kappa shape index (κ1) is 19.7. The van der Waals surface area contributed by atoms with Gasteiger partial charge in [-0.3, -0.25) is 4.90 Å². The Morgan fingerprint density at radius 3 is 2.72 bits per heavy atom. The van der Waals surface area contributed by atoms with Crippen LogP contribution in [0.5, 0.6) is 5.75 Å². The van der Waals surface area contributed by atoms with Crippen molar-refractivity contribution in [2.75, 3.05) is 20.3 Å². The number of ether oxygens (including phenoxy) is 2. The number of hydrogen-bond acceptors (Lipinski definition) is 5. The van der Waals surface area contributed by atoms with E-state index in [9.17, 15) is 5.11 Å². The van der Waals surface area contributed by atoms with Crippen LogP contribution in [0.25, 0.3) is 0 Å². The minimum Gasteiger partial charge on any atom is -0.492 e. The molecule has 3 aromatic rings. The molecule has 5 nitrogen and oxygen atoms in total. The molecule has 1 aliphatic heterocycles. The van der Waals surface area contributed by atoms with Crippen molar-refractivity contribution >= 4 is 0 Å². The van der Waals surface area contributed by atoms with Crippen molar-refractivity contribution in [2.24, 2.45) is 0 Å². The van der Waals surface area contributed by atoms with Gasteiger partial charge < -0.3 is 19.0 Å². The Morgan fingerprint density at radius 2 is 1.90 bits per heavy atom. The highest BCUT2D eigenvalue weighted by molar-refractivity contribution is 5.39. The van der Waals surface area contributed by atoms with E-state index in [2.05, 4.69) is 11.0 Å². The van der Waals surface area contributed by atoms with Gasteiger partial charge in [0, 0.05) is 32.2 Å². The Kier molecular flexibility index (Phi) is 6.30. The van der Waals surface area contributed by atoms with Crippen molar-refractivity contribution < 1.29 is 19.0 Å². The molecule has 1 aliphatic rings. The van der Waals surface area contributed by atoms with Gasteiger partial charge >= 0.3 is 0 Å². The second-order valence-electron chi connectivity index (χ2n) is 7.43. The molecular weight excluding hydrogens is 366 g/mol. The van der Waals surface area contributed by atoms with Gasteiger partial charge in [-0.25, -0.2) is 0 Å². The van der Waals surface area contributed by atoms with Gasteiger partial charge in [0.05, 0.1) is 12.6 Å². The maximum atomic E-state index is 10.7. The molecule has 1 aromatic heterocycles. The minimum atomic E-state index is -0.541. The lowest BCUT2D eigenvalue weighted by Crippen LogP contribution is -2.25. The molecule has 29 heavy (non-hydrogen) atoms. The monoisotopic (exact) mass is 393 g/mol. The van der Waals surface area contributed by atoms with Crippen molar-refractivity contribution in [3.05, 3.63) is 88.9 Å². The maximum Gasteiger partial charge on any atom is 0.129 e. The molecule has 0 unspecified atom stereocenters. The first-order chi connectivity index (χ1) is 14.2. The SMILES string of the molecule is COCc1ccc(CN2CCOc3ccc([C@@H](O)Cc4ccccc4)cc3C2)o1. The topological polar surface area (TPSA) is 55.1 Å². The molecule has 0 fully saturated rings. The molecule has 0 saturated carbocycles. The normalized spacial score (nSPS) is 15.4. The third kappa shape index (κ3) is 5.07. The third-order valence-electron chi connectivity index (χ3n) is 5.18. The maximum absolute atomic E-state index is 10.7. The predicted octanol–water partition coefficient (Wildman–Crippen LogP) is 4.10. The Hall–Kier alpha value is -2.60. The number of nitrogens with zero attached hydrogens (tertiary/aromatic N) is 1. The number of furan rings is 1. The summed E-state index contributed by atoms with van der Waals surface area (Å²) in [7, 11) is 1.66. The molecule has 4 rings (SSSR count).